The number of thiophene rings is 1. The molecule has 0 saturated heterocycles. The third kappa shape index (κ3) is 2.03. The van der Waals surface area contributed by atoms with Gasteiger partial charge in [0.2, 0.25) is 0 Å². The average Bonchev–Trinajstić information content (AvgIpc) is 2.72. The van der Waals surface area contributed by atoms with Crippen LogP contribution in [0.15, 0.2) is 36.1 Å². The Balaban J connectivity index is 2.11. The SMILES string of the molecule is O=C(Cc1cccs1)c1cnccn1. The van der Waals surface area contributed by atoms with Gasteiger partial charge in [-0.15, -0.1) is 11.3 Å². The van der Waals surface area contributed by atoms with Gasteiger partial charge >= 0.3 is 0 Å². The second-order valence-corrected chi connectivity index (χ2v) is 3.80. The highest BCUT2D eigenvalue weighted by Crippen LogP contribution is 2.11. The van der Waals surface area contributed by atoms with Crippen LogP contribution >= 0.6 is 11.3 Å². The minimum atomic E-state index is 0.0144. The predicted molar refractivity (Wildman–Crippen MR) is 54.4 cm³/mol. The number of carbonyl (C=O) groups excluding carboxylic acids is 1. The highest BCUT2D eigenvalue weighted by molar-refractivity contribution is 7.10. The van der Waals surface area contributed by atoms with Gasteiger partial charge in [-0.3, -0.25) is 9.78 Å². The van der Waals surface area contributed by atoms with Crippen molar-refractivity contribution in [2.75, 3.05) is 0 Å². The smallest absolute Gasteiger partial charge is 0.187 e. The average molecular weight is 204 g/mol. The lowest BCUT2D eigenvalue weighted by molar-refractivity contribution is 0.0988. The summed E-state index contributed by atoms with van der Waals surface area (Å²) in [6.07, 6.45) is 5.00. The zero-order valence-corrected chi connectivity index (χ0v) is 8.20. The summed E-state index contributed by atoms with van der Waals surface area (Å²) < 4.78 is 0. The summed E-state index contributed by atoms with van der Waals surface area (Å²) in [6.45, 7) is 0. The molecule has 2 aromatic rings. The number of hydrogen-bond acceptors (Lipinski definition) is 4. The summed E-state index contributed by atoms with van der Waals surface area (Å²) in [7, 11) is 0. The molecule has 0 aliphatic rings. The molecular formula is C10H8N2OS. The van der Waals surface area contributed by atoms with Gasteiger partial charge in [0.1, 0.15) is 5.69 Å². The number of hydrogen-bond donors (Lipinski definition) is 0. The van der Waals surface area contributed by atoms with Crippen molar-refractivity contribution in [2.24, 2.45) is 0 Å². The van der Waals surface area contributed by atoms with E-state index in [4.69, 9.17) is 0 Å². The Bertz CT molecular complexity index is 411. The van der Waals surface area contributed by atoms with Crippen LogP contribution in [-0.4, -0.2) is 15.8 Å². The van der Waals surface area contributed by atoms with E-state index in [0.717, 1.165) is 4.88 Å². The number of ketones is 1. The molecule has 70 valence electrons. The largest absolute Gasteiger partial charge is 0.292 e. The van der Waals surface area contributed by atoms with E-state index >= 15 is 0 Å². The molecule has 0 aliphatic heterocycles. The van der Waals surface area contributed by atoms with Gasteiger partial charge in [-0.25, -0.2) is 4.98 Å². The van der Waals surface area contributed by atoms with E-state index in [1.54, 1.807) is 17.5 Å². The van der Waals surface area contributed by atoms with Crippen LogP contribution in [0.25, 0.3) is 0 Å². The van der Waals surface area contributed by atoms with E-state index in [2.05, 4.69) is 9.97 Å². The molecule has 2 aromatic heterocycles. The van der Waals surface area contributed by atoms with Crippen molar-refractivity contribution in [1.82, 2.24) is 9.97 Å². The van der Waals surface area contributed by atoms with E-state index < -0.39 is 0 Å². The topological polar surface area (TPSA) is 42.9 Å². The first-order valence-corrected chi connectivity index (χ1v) is 5.06. The van der Waals surface area contributed by atoms with Crippen molar-refractivity contribution in [3.63, 3.8) is 0 Å². The van der Waals surface area contributed by atoms with Crippen LogP contribution in [0.5, 0.6) is 0 Å². The molecule has 14 heavy (non-hydrogen) atoms. The second-order valence-electron chi connectivity index (χ2n) is 2.77. The molecule has 0 saturated carbocycles. The molecule has 0 radical (unpaired) electrons. The van der Waals surface area contributed by atoms with Crippen LogP contribution in [0.2, 0.25) is 0 Å². The zero-order valence-electron chi connectivity index (χ0n) is 7.38. The molecule has 3 nitrogen and oxygen atoms in total. The fraction of sp³-hybridized carbons (Fsp3) is 0.100. The highest BCUT2D eigenvalue weighted by Gasteiger charge is 2.08. The zero-order chi connectivity index (χ0) is 9.80. The van der Waals surface area contributed by atoms with Crippen LogP contribution in [0.4, 0.5) is 0 Å². The van der Waals surface area contributed by atoms with Crippen molar-refractivity contribution in [2.45, 2.75) is 6.42 Å². The van der Waals surface area contributed by atoms with E-state index in [1.807, 2.05) is 17.5 Å². The van der Waals surface area contributed by atoms with E-state index in [0.29, 0.717) is 12.1 Å². The van der Waals surface area contributed by atoms with Crippen LogP contribution in [-0.2, 0) is 6.42 Å². The lowest BCUT2D eigenvalue weighted by Gasteiger charge is -1.96. The van der Waals surface area contributed by atoms with Crippen molar-refractivity contribution in [3.05, 3.63) is 46.7 Å². The molecule has 4 heteroatoms. The maximum atomic E-state index is 11.6. The summed E-state index contributed by atoms with van der Waals surface area (Å²) in [5, 5.41) is 1.96. The lowest BCUT2D eigenvalue weighted by atomic mass is 10.2. The molecule has 0 spiro atoms. The van der Waals surface area contributed by atoms with Crippen LogP contribution < -0.4 is 0 Å². The van der Waals surface area contributed by atoms with Gasteiger partial charge in [0.25, 0.3) is 0 Å². The standard InChI is InChI=1S/C10H8N2OS/c13-10(6-8-2-1-5-14-8)9-7-11-3-4-12-9/h1-5,7H,6H2. The van der Waals surface area contributed by atoms with Crippen molar-refractivity contribution in [3.8, 4) is 0 Å². The van der Waals surface area contributed by atoms with Crippen molar-refractivity contribution in [1.29, 1.82) is 0 Å². The second kappa shape index (κ2) is 4.11. The molecular weight excluding hydrogens is 196 g/mol. The fourth-order valence-corrected chi connectivity index (χ4v) is 1.81. The Morgan fingerprint density at radius 3 is 3.00 bits per heavy atom. The van der Waals surface area contributed by atoms with E-state index in [-0.39, 0.29) is 5.78 Å². The first-order chi connectivity index (χ1) is 6.86. The van der Waals surface area contributed by atoms with Gasteiger partial charge in [0.15, 0.2) is 5.78 Å². The molecule has 0 aliphatic carbocycles. The van der Waals surface area contributed by atoms with Gasteiger partial charge in [-0.05, 0) is 11.4 Å². The molecule has 0 bridgehead atoms. The van der Waals surface area contributed by atoms with Crippen LogP contribution in [0.1, 0.15) is 15.4 Å². The van der Waals surface area contributed by atoms with Crippen molar-refractivity contribution < 1.29 is 4.79 Å². The van der Waals surface area contributed by atoms with Gasteiger partial charge < -0.3 is 0 Å². The summed E-state index contributed by atoms with van der Waals surface area (Å²) in [5.74, 6) is 0.0144. The number of Topliss-reactive ketones (excluding diaryl/α,β-unsaturated/α-hetero) is 1. The van der Waals surface area contributed by atoms with E-state index in [1.165, 1.54) is 12.4 Å². The van der Waals surface area contributed by atoms with Crippen molar-refractivity contribution >= 4 is 17.1 Å². The minimum Gasteiger partial charge on any atom is -0.292 e. The normalized spacial score (nSPS) is 10.0. The Morgan fingerprint density at radius 2 is 2.36 bits per heavy atom. The Hall–Kier alpha value is -1.55. The number of carbonyl (C=O) groups is 1. The quantitative estimate of drug-likeness (QED) is 0.718. The minimum absolute atomic E-state index is 0.0144. The molecule has 0 amide bonds. The molecule has 2 heterocycles. The lowest BCUT2D eigenvalue weighted by Crippen LogP contribution is -2.04. The summed E-state index contributed by atoms with van der Waals surface area (Å²) >= 11 is 1.58. The molecule has 0 fully saturated rings. The monoisotopic (exact) mass is 204 g/mol. The van der Waals surface area contributed by atoms with Gasteiger partial charge in [0, 0.05) is 23.7 Å². The Morgan fingerprint density at radius 1 is 1.43 bits per heavy atom. The molecule has 0 N–H and O–H groups in total. The number of nitrogens with zero attached hydrogens (tertiary/aromatic N) is 2. The molecule has 0 atom stereocenters. The number of rotatable bonds is 3. The van der Waals surface area contributed by atoms with Crippen LogP contribution in [0.3, 0.4) is 0 Å². The van der Waals surface area contributed by atoms with Gasteiger partial charge in [-0.1, -0.05) is 6.07 Å². The first-order valence-electron chi connectivity index (χ1n) is 4.18. The molecule has 0 aromatic carbocycles. The molecule has 0 unspecified atom stereocenters. The van der Waals surface area contributed by atoms with Gasteiger partial charge in [-0.2, -0.15) is 0 Å². The fourth-order valence-electron chi connectivity index (χ4n) is 1.11. The summed E-state index contributed by atoms with van der Waals surface area (Å²) in [4.78, 5) is 20.5. The maximum Gasteiger partial charge on any atom is 0.187 e. The van der Waals surface area contributed by atoms with E-state index in [9.17, 15) is 4.79 Å². The highest BCUT2D eigenvalue weighted by atomic mass is 32.1. The number of aromatic nitrogens is 2. The Labute approximate surface area is 85.5 Å². The third-order valence-corrected chi connectivity index (χ3v) is 2.64. The third-order valence-electron chi connectivity index (χ3n) is 1.76. The maximum absolute atomic E-state index is 11.6. The summed E-state index contributed by atoms with van der Waals surface area (Å²) in [5.41, 5.74) is 0.431. The van der Waals surface area contributed by atoms with Crippen LogP contribution in [0, 0.1) is 0 Å². The predicted octanol–water partition coefficient (Wildman–Crippen LogP) is 1.96. The Kier molecular flexibility index (Phi) is 2.65. The summed E-state index contributed by atoms with van der Waals surface area (Å²) in [6, 6.07) is 3.88. The first kappa shape index (κ1) is 9.02. The van der Waals surface area contributed by atoms with Gasteiger partial charge in [0.05, 0.1) is 6.20 Å². The molecule has 2 rings (SSSR count).